The third kappa shape index (κ3) is 3.49. The van der Waals surface area contributed by atoms with Gasteiger partial charge in [0.1, 0.15) is 0 Å². The lowest BCUT2D eigenvalue weighted by Gasteiger charge is -2.08. The number of benzene rings is 1. The van der Waals surface area contributed by atoms with Gasteiger partial charge in [0.2, 0.25) is 5.91 Å². The summed E-state index contributed by atoms with van der Waals surface area (Å²) >= 11 is 1.41. The van der Waals surface area contributed by atoms with E-state index in [9.17, 15) is 9.59 Å². The van der Waals surface area contributed by atoms with Crippen LogP contribution in [0.5, 0.6) is 0 Å². The smallest absolute Gasteiger partial charge is 0.251 e. The zero-order valence-corrected chi connectivity index (χ0v) is 12.6. The average Bonchev–Trinajstić information content (AvgIpc) is 2.95. The predicted octanol–water partition coefficient (Wildman–Crippen LogP) is 1.58. The van der Waals surface area contributed by atoms with Crippen LogP contribution < -0.4 is 10.6 Å². The number of aromatic nitrogens is 1. The molecule has 0 saturated carbocycles. The zero-order chi connectivity index (χ0) is 15.4. The Kier molecular flexibility index (Phi) is 4.45. The number of ether oxygens (including phenoxy) is 1. The lowest BCUT2D eigenvalue weighted by molar-refractivity contribution is -0.115. The van der Waals surface area contributed by atoms with Crippen molar-refractivity contribution in [3.05, 3.63) is 46.5 Å². The molecule has 1 aromatic heterocycles. The van der Waals surface area contributed by atoms with Crippen molar-refractivity contribution in [1.82, 2.24) is 10.3 Å². The summed E-state index contributed by atoms with van der Waals surface area (Å²) in [6.45, 7) is 1.12. The minimum atomic E-state index is -0.295. The van der Waals surface area contributed by atoms with Crippen LogP contribution in [-0.4, -0.2) is 29.9 Å². The summed E-state index contributed by atoms with van der Waals surface area (Å²) < 4.78 is 5.34. The highest BCUT2D eigenvalue weighted by atomic mass is 32.1. The summed E-state index contributed by atoms with van der Waals surface area (Å²) in [5.41, 5.74) is 1.51. The third-order valence-electron chi connectivity index (χ3n) is 3.19. The largest absolute Gasteiger partial charge is 0.375 e. The fourth-order valence-corrected chi connectivity index (χ4v) is 3.06. The number of hydrogen-bond acceptors (Lipinski definition) is 5. The molecule has 2 N–H and O–H groups in total. The van der Waals surface area contributed by atoms with Crippen molar-refractivity contribution in [3.63, 3.8) is 0 Å². The van der Waals surface area contributed by atoms with Gasteiger partial charge in [-0.3, -0.25) is 9.59 Å². The highest BCUT2D eigenvalue weighted by Crippen LogP contribution is 2.26. The highest BCUT2D eigenvalue weighted by molar-refractivity contribution is 7.15. The minimum absolute atomic E-state index is 0.0888. The second-order valence-corrected chi connectivity index (χ2v) is 5.87. The van der Waals surface area contributed by atoms with E-state index in [1.54, 1.807) is 24.3 Å². The number of amides is 2. The summed E-state index contributed by atoms with van der Waals surface area (Å²) in [5.74, 6) is -0.570. The Morgan fingerprint density at radius 2 is 2.09 bits per heavy atom. The summed E-state index contributed by atoms with van der Waals surface area (Å²) in [4.78, 5) is 29.1. The Labute approximate surface area is 131 Å². The van der Waals surface area contributed by atoms with Gasteiger partial charge in [0.05, 0.1) is 30.3 Å². The van der Waals surface area contributed by atoms with Crippen molar-refractivity contribution < 1.29 is 14.3 Å². The summed E-state index contributed by atoms with van der Waals surface area (Å²) in [6, 6.07) is 8.77. The van der Waals surface area contributed by atoms with Gasteiger partial charge in [-0.15, -0.1) is 0 Å². The number of nitrogens with one attached hydrogen (secondary N) is 2. The van der Waals surface area contributed by atoms with Crippen LogP contribution in [-0.2, 0) is 22.6 Å². The standard InChI is InChI=1S/C15H15N3O3S/c19-13(8-16-14(20)10-4-2-1-3-5-10)18-15-17-11-6-7-21-9-12(11)22-15/h1-5H,6-9H2,(H,16,20)(H,17,18,19). The molecule has 1 aromatic carbocycles. The van der Waals surface area contributed by atoms with Crippen LogP contribution in [0.1, 0.15) is 20.9 Å². The van der Waals surface area contributed by atoms with Crippen LogP contribution in [0.4, 0.5) is 5.13 Å². The molecule has 0 saturated heterocycles. The zero-order valence-electron chi connectivity index (χ0n) is 11.8. The fourth-order valence-electron chi connectivity index (χ4n) is 2.09. The molecule has 1 aliphatic rings. The minimum Gasteiger partial charge on any atom is -0.375 e. The van der Waals surface area contributed by atoms with Gasteiger partial charge < -0.3 is 15.4 Å². The van der Waals surface area contributed by atoms with E-state index in [0.717, 1.165) is 17.0 Å². The molecule has 0 aliphatic carbocycles. The summed E-state index contributed by atoms with van der Waals surface area (Å²) in [5, 5.41) is 5.84. The Morgan fingerprint density at radius 1 is 1.27 bits per heavy atom. The van der Waals surface area contributed by atoms with Gasteiger partial charge in [0.25, 0.3) is 5.91 Å². The Morgan fingerprint density at radius 3 is 2.86 bits per heavy atom. The van der Waals surface area contributed by atoms with Crippen molar-refractivity contribution in [2.45, 2.75) is 13.0 Å². The number of carbonyl (C=O) groups is 2. The molecule has 0 radical (unpaired) electrons. The molecule has 0 fully saturated rings. The number of hydrogen-bond donors (Lipinski definition) is 2. The fraction of sp³-hybridized carbons (Fsp3) is 0.267. The van der Waals surface area contributed by atoms with Gasteiger partial charge >= 0.3 is 0 Å². The van der Waals surface area contributed by atoms with Gasteiger partial charge in [0, 0.05) is 12.0 Å². The quantitative estimate of drug-likeness (QED) is 0.897. The normalized spacial score (nSPS) is 13.3. The molecule has 0 atom stereocenters. The first kappa shape index (κ1) is 14.7. The number of rotatable bonds is 4. The molecule has 7 heteroatoms. The second-order valence-electron chi connectivity index (χ2n) is 4.79. The molecule has 2 aromatic rings. The van der Waals surface area contributed by atoms with Crippen LogP contribution >= 0.6 is 11.3 Å². The topological polar surface area (TPSA) is 80.3 Å². The molecule has 22 heavy (non-hydrogen) atoms. The van der Waals surface area contributed by atoms with Crippen LogP contribution in [0, 0.1) is 0 Å². The van der Waals surface area contributed by atoms with Crippen molar-refractivity contribution in [2.24, 2.45) is 0 Å². The molecule has 0 bridgehead atoms. The molecule has 6 nitrogen and oxygen atoms in total. The predicted molar refractivity (Wildman–Crippen MR) is 82.9 cm³/mol. The van der Waals surface area contributed by atoms with Gasteiger partial charge in [-0.25, -0.2) is 4.98 Å². The van der Waals surface area contributed by atoms with Gasteiger partial charge in [-0.05, 0) is 12.1 Å². The Bertz CT molecular complexity index is 661. The second kappa shape index (κ2) is 6.67. The van der Waals surface area contributed by atoms with Crippen LogP contribution in [0.3, 0.4) is 0 Å². The maximum atomic E-state index is 11.9. The van der Waals surface area contributed by atoms with Crippen molar-refractivity contribution in [2.75, 3.05) is 18.5 Å². The average molecular weight is 317 g/mol. The summed E-state index contributed by atoms with van der Waals surface area (Å²) in [7, 11) is 0. The Balaban J connectivity index is 1.52. The first-order valence-electron chi connectivity index (χ1n) is 6.92. The molecule has 0 unspecified atom stereocenters. The van der Waals surface area contributed by atoms with Crippen LogP contribution in [0.2, 0.25) is 0 Å². The molecular formula is C15H15N3O3S. The number of carbonyl (C=O) groups excluding carboxylic acids is 2. The lowest BCUT2D eigenvalue weighted by atomic mass is 10.2. The summed E-state index contributed by atoms with van der Waals surface area (Å²) in [6.07, 6.45) is 0.770. The van der Waals surface area contributed by atoms with Crippen LogP contribution in [0.25, 0.3) is 0 Å². The van der Waals surface area contributed by atoms with Crippen molar-refractivity contribution in [1.29, 1.82) is 0 Å². The van der Waals surface area contributed by atoms with E-state index in [4.69, 9.17) is 4.74 Å². The lowest BCUT2D eigenvalue weighted by Crippen LogP contribution is -2.32. The molecule has 3 rings (SSSR count). The maximum Gasteiger partial charge on any atom is 0.251 e. The molecule has 1 aliphatic heterocycles. The number of anilines is 1. The van der Waals surface area contributed by atoms with E-state index in [-0.39, 0.29) is 18.4 Å². The van der Waals surface area contributed by atoms with E-state index in [0.29, 0.717) is 23.9 Å². The Hall–Kier alpha value is -2.25. The highest BCUT2D eigenvalue weighted by Gasteiger charge is 2.17. The first-order chi connectivity index (χ1) is 10.7. The first-order valence-corrected chi connectivity index (χ1v) is 7.73. The molecule has 0 spiro atoms. The van der Waals surface area contributed by atoms with E-state index >= 15 is 0 Å². The van der Waals surface area contributed by atoms with E-state index in [1.807, 2.05) is 6.07 Å². The third-order valence-corrected chi connectivity index (χ3v) is 4.17. The van der Waals surface area contributed by atoms with Crippen molar-refractivity contribution >= 4 is 28.3 Å². The van der Waals surface area contributed by atoms with Gasteiger partial charge in [-0.2, -0.15) is 0 Å². The van der Waals surface area contributed by atoms with E-state index in [1.165, 1.54) is 11.3 Å². The SMILES string of the molecule is O=C(CNC(=O)c1ccccc1)Nc1nc2c(s1)COCC2. The van der Waals surface area contributed by atoms with Crippen LogP contribution in [0.15, 0.2) is 30.3 Å². The number of thiazole rings is 1. The number of nitrogens with zero attached hydrogens (tertiary/aromatic N) is 1. The van der Waals surface area contributed by atoms with E-state index in [2.05, 4.69) is 15.6 Å². The van der Waals surface area contributed by atoms with Gasteiger partial charge in [-0.1, -0.05) is 29.5 Å². The molecule has 2 amide bonds. The molecular weight excluding hydrogens is 302 g/mol. The number of fused-ring (bicyclic) bond motifs is 1. The molecule has 2 heterocycles. The molecule has 114 valence electrons. The van der Waals surface area contributed by atoms with E-state index < -0.39 is 0 Å². The van der Waals surface area contributed by atoms with Crippen molar-refractivity contribution in [3.8, 4) is 0 Å². The van der Waals surface area contributed by atoms with Gasteiger partial charge in [0.15, 0.2) is 5.13 Å². The monoisotopic (exact) mass is 317 g/mol. The maximum absolute atomic E-state index is 11.9.